The molecule has 15 heavy (non-hydrogen) atoms. The molecule has 3 N–H and O–H groups in total. The van der Waals surface area contributed by atoms with Gasteiger partial charge in [0.1, 0.15) is 0 Å². The monoisotopic (exact) mass is 217 g/mol. The molecular weight excluding hydrogens is 194 g/mol. The van der Waals surface area contributed by atoms with Gasteiger partial charge in [0.2, 0.25) is 0 Å². The molecule has 0 radical (unpaired) electrons. The largest absolute Gasteiger partial charge is 0.394 e. The molecule has 90 valence electrons. The number of nitrogens with one attached hydrogen (secondary N) is 1. The summed E-state index contributed by atoms with van der Waals surface area (Å²) >= 11 is 0. The van der Waals surface area contributed by atoms with Gasteiger partial charge in [0.15, 0.2) is 0 Å². The lowest BCUT2D eigenvalue weighted by molar-refractivity contribution is 0.0632. The lowest BCUT2D eigenvalue weighted by Crippen LogP contribution is -2.46. The van der Waals surface area contributed by atoms with E-state index in [9.17, 15) is 5.11 Å². The first-order valence-corrected chi connectivity index (χ1v) is 5.63. The second-order valence-electron chi connectivity index (χ2n) is 4.19. The highest BCUT2D eigenvalue weighted by Crippen LogP contribution is 1.94. The lowest BCUT2D eigenvalue weighted by Gasteiger charge is -2.29. The number of likely N-dealkylation sites (N-methyl/N-ethyl adjacent to an activating group) is 1. The average Bonchev–Trinajstić information content (AvgIpc) is 2.27. The van der Waals surface area contributed by atoms with Crippen LogP contribution in [0.5, 0.6) is 0 Å². The summed E-state index contributed by atoms with van der Waals surface area (Å²) in [5, 5.41) is 21.3. The second-order valence-corrected chi connectivity index (χ2v) is 4.19. The molecule has 0 bridgehead atoms. The van der Waals surface area contributed by atoms with E-state index in [-0.39, 0.29) is 6.61 Å². The normalized spacial score (nSPS) is 20.8. The van der Waals surface area contributed by atoms with E-state index in [2.05, 4.69) is 15.1 Å². The van der Waals surface area contributed by atoms with Gasteiger partial charge in [-0.25, -0.2) is 0 Å². The minimum absolute atomic E-state index is 0.155. The van der Waals surface area contributed by atoms with E-state index >= 15 is 0 Å². The lowest BCUT2D eigenvalue weighted by atomic mass is 10.3. The van der Waals surface area contributed by atoms with E-state index in [0.717, 1.165) is 39.3 Å². The Labute approximate surface area is 91.7 Å². The molecule has 1 saturated heterocycles. The fourth-order valence-corrected chi connectivity index (χ4v) is 1.76. The van der Waals surface area contributed by atoms with Crippen LogP contribution in [0, 0.1) is 0 Å². The summed E-state index contributed by atoms with van der Waals surface area (Å²) in [7, 11) is 1.97. The third-order valence-electron chi connectivity index (χ3n) is 2.74. The van der Waals surface area contributed by atoms with Crippen LogP contribution in [-0.4, -0.2) is 85.6 Å². The molecule has 1 heterocycles. The third kappa shape index (κ3) is 5.44. The van der Waals surface area contributed by atoms with Crippen LogP contribution in [0.4, 0.5) is 0 Å². The Hall–Kier alpha value is -0.200. The van der Waals surface area contributed by atoms with Crippen LogP contribution in [0.3, 0.4) is 0 Å². The van der Waals surface area contributed by atoms with Gasteiger partial charge < -0.3 is 20.4 Å². The van der Waals surface area contributed by atoms with Crippen molar-refractivity contribution in [2.24, 2.45) is 0 Å². The minimum Gasteiger partial charge on any atom is -0.394 e. The Morgan fingerprint density at radius 2 is 2.07 bits per heavy atom. The maximum absolute atomic E-state index is 9.25. The molecule has 1 fully saturated rings. The van der Waals surface area contributed by atoms with Crippen LogP contribution in [0.15, 0.2) is 0 Å². The standard InChI is InChI=1S/C10H23N3O2/c1-12(8-10(15)9-14)6-7-13-4-2-11-3-5-13/h10-11,14-15H,2-9H2,1H3. The molecule has 0 spiro atoms. The summed E-state index contributed by atoms with van der Waals surface area (Å²) in [5.41, 5.74) is 0. The zero-order valence-corrected chi connectivity index (χ0v) is 9.52. The molecule has 0 saturated carbocycles. The number of nitrogens with zero attached hydrogens (tertiary/aromatic N) is 2. The molecule has 0 amide bonds. The topological polar surface area (TPSA) is 59.0 Å². The van der Waals surface area contributed by atoms with Crippen LogP contribution in [0.25, 0.3) is 0 Å². The molecule has 5 nitrogen and oxygen atoms in total. The van der Waals surface area contributed by atoms with Gasteiger partial charge in [0.05, 0.1) is 12.7 Å². The predicted molar refractivity (Wildman–Crippen MR) is 59.9 cm³/mol. The minimum atomic E-state index is -0.613. The number of aliphatic hydroxyl groups is 2. The van der Waals surface area contributed by atoms with Crippen LogP contribution >= 0.6 is 0 Å². The van der Waals surface area contributed by atoms with E-state index in [1.807, 2.05) is 7.05 Å². The van der Waals surface area contributed by atoms with Gasteiger partial charge in [-0.05, 0) is 7.05 Å². The fourth-order valence-electron chi connectivity index (χ4n) is 1.76. The number of piperazine rings is 1. The van der Waals surface area contributed by atoms with Crippen molar-refractivity contribution in [3.8, 4) is 0 Å². The molecule has 0 aromatic carbocycles. The van der Waals surface area contributed by atoms with Gasteiger partial charge in [-0.1, -0.05) is 0 Å². The van der Waals surface area contributed by atoms with Crippen LogP contribution in [0.2, 0.25) is 0 Å². The summed E-state index contributed by atoms with van der Waals surface area (Å²) in [6.07, 6.45) is -0.613. The molecule has 1 atom stereocenters. The van der Waals surface area contributed by atoms with E-state index in [0.29, 0.717) is 6.54 Å². The van der Waals surface area contributed by atoms with Crippen LogP contribution in [0.1, 0.15) is 0 Å². The number of hydrogen-bond acceptors (Lipinski definition) is 5. The summed E-state index contributed by atoms with van der Waals surface area (Å²) < 4.78 is 0. The maximum atomic E-state index is 9.25. The molecule has 1 aliphatic heterocycles. The molecule has 1 aliphatic rings. The second kappa shape index (κ2) is 7.14. The van der Waals surface area contributed by atoms with Crippen molar-refractivity contribution in [3.05, 3.63) is 0 Å². The molecule has 5 heteroatoms. The van der Waals surface area contributed by atoms with Crippen molar-refractivity contribution in [1.29, 1.82) is 0 Å². The summed E-state index contributed by atoms with van der Waals surface area (Å²) in [4.78, 5) is 4.47. The number of hydrogen-bond donors (Lipinski definition) is 3. The van der Waals surface area contributed by atoms with Crippen molar-refractivity contribution in [2.75, 3.05) is 59.5 Å². The smallest absolute Gasteiger partial charge is 0.0897 e. The van der Waals surface area contributed by atoms with Gasteiger partial charge in [0, 0.05) is 45.8 Å². The van der Waals surface area contributed by atoms with Gasteiger partial charge in [-0.15, -0.1) is 0 Å². The molecule has 0 aliphatic carbocycles. The zero-order chi connectivity index (χ0) is 11.1. The fraction of sp³-hybridized carbons (Fsp3) is 1.00. The van der Waals surface area contributed by atoms with Crippen LogP contribution < -0.4 is 5.32 Å². The summed E-state index contributed by atoms with van der Waals surface area (Å²) in [6, 6.07) is 0. The first-order valence-electron chi connectivity index (χ1n) is 5.63. The average molecular weight is 217 g/mol. The number of aliphatic hydroxyl groups excluding tert-OH is 2. The van der Waals surface area contributed by atoms with Crippen molar-refractivity contribution in [2.45, 2.75) is 6.10 Å². The van der Waals surface area contributed by atoms with Gasteiger partial charge in [-0.3, -0.25) is 4.90 Å². The Morgan fingerprint density at radius 1 is 1.40 bits per heavy atom. The first-order chi connectivity index (χ1) is 7.22. The molecule has 1 unspecified atom stereocenters. The first kappa shape index (κ1) is 12.9. The zero-order valence-electron chi connectivity index (χ0n) is 9.52. The van der Waals surface area contributed by atoms with E-state index in [1.54, 1.807) is 0 Å². The van der Waals surface area contributed by atoms with Gasteiger partial charge >= 0.3 is 0 Å². The Bertz CT molecular complexity index is 163. The highest BCUT2D eigenvalue weighted by Gasteiger charge is 2.11. The Balaban J connectivity index is 2.07. The Kier molecular flexibility index (Phi) is 6.12. The van der Waals surface area contributed by atoms with Crippen molar-refractivity contribution < 1.29 is 10.2 Å². The van der Waals surface area contributed by atoms with Crippen molar-refractivity contribution in [3.63, 3.8) is 0 Å². The molecule has 1 rings (SSSR count). The summed E-state index contributed by atoms with van der Waals surface area (Å²) in [6.45, 7) is 6.73. The predicted octanol–water partition coefficient (Wildman–Crippen LogP) is -1.82. The molecule has 0 aromatic heterocycles. The SMILES string of the molecule is CN(CCN1CCNCC1)CC(O)CO. The van der Waals surface area contributed by atoms with E-state index in [4.69, 9.17) is 5.11 Å². The summed E-state index contributed by atoms with van der Waals surface area (Å²) in [5.74, 6) is 0. The highest BCUT2D eigenvalue weighted by molar-refractivity contribution is 4.69. The quantitative estimate of drug-likeness (QED) is 0.489. The number of rotatable bonds is 6. The van der Waals surface area contributed by atoms with Crippen molar-refractivity contribution in [1.82, 2.24) is 15.1 Å². The Morgan fingerprint density at radius 3 is 2.67 bits per heavy atom. The van der Waals surface area contributed by atoms with Crippen LogP contribution in [-0.2, 0) is 0 Å². The molecular formula is C10H23N3O2. The maximum Gasteiger partial charge on any atom is 0.0897 e. The highest BCUT2D eigenvalue weighted by atomic mass is 16.3. The van der Waals surface area contributed by atoms with E-state index < -0.39 is 6.10 Å². The third-order valence-corrected chi connectivity index (χ3v) is 2.74. The van der Waals surface area contributed by atoms with Gasteiger partial charge in [0.25, 0.3) is 0 Å². The van der Waals surface area contributed by atoms with E-state index in [1.165, 1.54) is 0 Å². The van der Waals surface area contributed by atoms with Crippen molar-refractivity contribution >= 4 is 0 Å². The van der Waals surface area contributed by atoms with Gasteiger partial charge in [-0.2, -0.15) is 0 Å². The molecule has 0 aromatic rings.